The summed E-state index contributed by atoms with van der Waals surface area (Å²) in [6.07, 6.45) is 0. The number of halogens is 4. The predicted molar refractivity (Wildman–Crippen MR) is 143 cm³/mol. The Labute approximate surface area is 227 Å². The van der Waals surface area contributed by atoms with Crippen LogP contribution in [0.15, 0.2) is 41.6 Å². The number of aromatic nitrogens is 3. The van der Waals surface area contributed by atoms with Crippen LogP contribution in [0.2, 0.25) is 20.1 Å². The zero-order valence-electron chi connectivity index (χ0n) is 19.1. The van der Waals surface area contributed by atoms with Gasteiger partial charge in [0.15, 0.2) is 11.0 Å². The molecule has 0 bridgehead atoms. The number of nitrogens with zero attached hydrogens (tertiary/aromatic N) is 3. The van der Waals surface area contributed by atoms with Gasteiger partial charge in [-0.1, -0.05) is 72.0 Å². The molecule has 0 unspecified atom stereocenters. The maximum Gasteiger partial charge on any atom is 0.253 e. The molecule has 2 aromatic carbocycles. The molecule has 0 radical (unpaired) electrons. The summed E-state index contributed by atoms with van der Waals surface area (Å²) in [6.45, 7) is 6.44. The minimum absolute atomic E-state index is 0.00715. The van der Waals surface area contributed by atoms with Crippen LogP contribution in [0, 0.1) is 5.92 Å². The van der Waals surface area contributed by atoms with Crippen LogP contribution in [-0.2, 0) is 11.3 Å². The van der Waals surface area contributed by atoms with Crippen LogP contribution in [0.4, 0.5) is 5.69 Å². The van der Waals surface area contributed by atoms with E-state index in [1.807, 2.05) is 25.3 Å². The lowest BCUT2D eigenvalue weighted by Crippen LogP contribution is -2.34. The molecule has 3 rings (SSSR count). The number of thioether (sulfide) groups is 1. The smallest absolute Gasteiger partial charge is 0.253 e. The highest BCUT2D eigenvalue weighted by atomic mass is 35.5. The summed E-state index contributed by atoms with van der Waals surface area (Å²) < 4.78 is 1.88. The molecule has 1 heterocycles. The number of benzene rings is 2. The van der Waals surface area contributed by atoms with Gasteiger partial charge in [0, 0.05) is 16.6 Å². The molecule has 0 aliphatic carbocycles. The topological polar surface area (TPSA) is 88.9 Å². The van der Waals surface area contributed by atoms with Gasteiger partial charge >= 0.3 is 0 Å². The standard InChI is InChI=1S/C23H23Cl4N5O2S/c1-4-32-21(20(12(2)3)29-22(34)15-7-5-13(24)9-16(15)26)30-31-23(32)35-11-19(33)28-18-8-6-14(25)10-17(18)27/h5-10,12,20H,4,11H2,1-3H3,(H,28,33)(H,29,34)/t20-/m0/s1. The van der Waals surface area contributed by atoms with Gasteiger partial charge in [0.25, 0.3) is 5.91 Å². The second-order valence-corrected chi connectivity index (χ2v) is 10.5. The molecule has 1 aromatic heterocycles. The first-order valence-corrected chi connectivity index (χ1v) is 13.2. The Balaban J connectivity index is 1.73. The number of amides is 2. The highest BCUT2D eigenvalue weighted by molar-refractivity contribution is 7.99. The Morgan fingerprint density at radius 3 is 2.26 bits per heavy atom. The third-order valence-corrected chi connectivity index (χ3v) is 7.07. The molecular weight excluding hydrogens is 552 g/mol. The SMILES string of the molecule is CCn1c(SCC(=O)Nc2ccc(Cl)cc2Cl)nnc1[C@@H](NC(=O)c1ccc(Cl)cc1Cl)C(C)C. The summed E-state index contributed by atoms with van der Waals surface area (Å²) >= 11 is 25.4. The van der Waals surface area contributed by atoms with Crippen LogP contribution >= 0.6 is 58.2 Å². The number of hydrogen-bond donors (Lipinski definition) is 2. The Hall–Kier alpha value is -1.97. The maximum atomic E-state index is 12.9. The van der Waals surface area contributed by atoms with E-state index in [1.54, 1.807) is 30.3 Å². The summed E-state index contributed by atoms with van der Waals surface area (Å²) in [5.74, 6) is 0.0928. The highest BCUT2D eigenvalue weighted by Crippen LogP contribution is 2.28. The van der Waals surface area contributed by atoms with E-state index in [1.165, 1.54) is 17.8 Å². The average Bonchev–Trinajstić information content (AvgIpc) is 3.20. The van der Waals surface area contributed by atoms with Gasteiger partial charge < -0.3 is 15.2 Å². The Kier molecular flexibility index (Phi) is 9.72. The number of anilines is 1. The summed E-state index contributed by atoms with van der Waals surface area (Å²) in [6, 6.07) is 9.12. The molecule has 0 saturated heterocycles. The predicted octanol–water partition coefficient (Wildman–Crippen LogP) is 6.77. The molecule has 2 amide bonds. The van der Waals surface area contributed by atoms with E-state index in [0.717, 1.165) is 0 Å². The first-order valence-electron chi connectivity index (χ1n) is 10.7. The molecule has 0 aliphatic rings. The number of rotatable bonds is 9. The number of hydrogen-bond acceptors (Lipinski definition) is 5. The minimum atomic E-state index is -0.433. The van der Waals surface area contributed by atoms with Gasteiger partial charge in [-0.25, -0.2) is 0 Å². The molecular formula is C23H23Cl4N5O2S. The highest BCUT2D eigenvalue weighted by Gasteiger charge is 2.27. The molecule has 1 atom stereocenters. The van der Waals surface area contributed by atoms with Crippen molar-refractivity contribution in [1.29, 1.82) is 0 Å². The van der Waals surface area contributed by atoms with Gasteiger partial charge in [0.1, 0.15) is 0 Å². The molecule has 7 nitrogen and oxygen atoms in total. The molecule has 35 heavy (non-hydrogen) atoms. The van der Waals surface area contributed by atoms with Crippen molar-refractivity contribution in [3.8, 4) is 0 Å². The first kappa shape index (κ1) is 27.6. The van der Waals surface area contributed by atoms with Gasteiger partial charge in [0.2, 0.25) is 5.91 Å². The van der Waals surface area contributed by atoms with Crippen molar-refractivity contribution in [3.63, 3.8) is 0 Å². The van der Waals surface area contributed by atoms with Crippen molar-refractivity contribution in [2.45, 2.75) is 38.5 Å². The van der Waals surface area contributed by atoms with Crippen molar-refractivity contribution in [1.82, 2.24) is 20.1 Å². The van der Waals surface area contributed by atoms with Crippen LogP contribution in [0.5, 0.6) is 0 Å². The van der Waals surface area contributed by atoms with Crippen molar-refractivity contribution < 1.29 is 9.59 Å². The zero-order chi connectivity index (χ0) is 25.7. The van der Waals surface area contributed by atoms with Crippen LogP contribution in [-0.4, -0.2) is 32.3 Å². The van der Waals surface area contributed by atoms with E-state index < -0.39 is 6.04 Å². The quantitative estimate of drug-likeness (QED) is 0.275. The van der Waals surface area contributed by atoms with Gasteiger partial charge in [-0.2, -0.15) is 0 Å². The second kappa shape index (κ2) is 12.3. The minimum Gasteiger partial charge on any atom is -0.342 e. The summed E-state index contributed by atoms with van der Waals surface area (Å²) in [7, 11) is 0. The fraction of sp³-hybridized carbons (Fsp3) is 0.304. The number of carbonyl (C=O) groups excluding carboxylic acids is 2. The summed E-state index contributed by atoms with van der Waals surface area (Å²) in [5, 5.41) is 16.5. The molecule has 12 heteroatoms. The lowest BCUT2D eigenvalue weighted by Gasteiger charge is -2.22. The van der Waals surface area contributed by atoms with Crippen molar-refractivity contribution in [2.75, 3.05) is 11.1 Å². The van der Waals surface area contributed by atoms with E-state index in [4.69, 9.17) is 46.4 Å². The fourth-order valence-electron chi connectivity index (χ4n) is 3.26. The second-order valence-electron chi connectivity index (χ2n) is 7.87. The van der Waals surface area contributed by atoms with Crippen LogP contribution in [0.25, 0.3) is 0 Å². The van der Waals surface area contributed by atoms with Gasteiger partial charge in [-0.3, -0.25) is 9.59 Å². The zero-order valence-corrected chi connectivity index (χ0v) is 23.0. The van der Waals surface area contributed by atoms with E-state index in [0.29, 0.717) is 43.8 Å². The van der Waals surface area contributed by atoms with E-state index >= 15 is 0 Å². The first-order chi connectivity index (χ1) is 16.6. The Bertz CT molecular complexity index is 1230. The largest absolute Gasteiger partial charge is 0.342 e. The van der Waals surface area contributed by atoms with E-state index in [-0.39, 0.29) is 28.5 Å². The lowest BCUT2D eigenvalue weighted by atomic mass is 10.0. The molecule has 0 aliphatic heterocycles. The molecule has 0 saturated carbocycles. The molecule has 2 N–H and O–H groups in total. The molecule has 0 spiro atoms. The average molecular weight is 575 g/mol. The molecule has 3 aromatic rings. The monoisotopic (exact) mass is 573 g/mol. The molecule has 0 fully saturated rings. The van der Waals surface area contributed by atoms with Gasteiger partial charge in [-0.15, -0.1) is 10.2 Å². The Morgan fingerprint density at radius 2 is 1.66 bits per heavy atom. The lowest BCUT2D eigenvalue weighted by molar-refractivity contribution is -0.113. The van der Waals surface area contributed by atoms with E-state index in [9.17, 15) is 9.59 Å². The summed E-state index contributed by atoms with van der Waals surface area (Å²) in [5.41, 5.74) is 0.791. The normalized spacial score (nSPS) is 12.0. The number of nitrogens with one attached hydrogen (secondary N) is 2. The van der Waals surface area contributed by atoms with Gasteiger partial charge in [-0.05, 0) is 49.2 Å². The van der Waals surface area contributed by atoms with Crippen LogP contribution in [0.1, 0.15) is 43.0 Å². The van der Waals surface area contributed by atoms with Crippen molar-refractivity contribution >= 4 is 75.7 Å². The fourth-order valence-corrected chi connectivity index (χ4v) is 5.02. The Morgan fingerprint density at radius 1 is 1.00 bits per heavy atom. The third kappa shape index (κ3) is 7.05. The third-order valence-electron chi connectivity index (χ3n) is 5.01. The van der Waals surface area contributed by atoms with E-state index in [2.05, 4.69) is 20.8 Å². The van der Waals surface area contributed by atoms with Crippen LogP contribution in [0.3, 0.4) is 0 Å². The van der Waals surface area contributed by atoms with Crippen molar-refractivity contribution in [3.05, 3.63) is 67.9 Å². The van der Waals surface area contributed by atoms with Gasteiger partial charge in [0.05, 0.1) is 33.1 Å². The summed E-state index contributed by atoms with van der Waals surface area (Å²) in [4.78, 5) is 25.4. The van der Waals surface area contributed by atoms with Crippen molar-refractivity contribution in [2.24, 2.45) is 5.92 Å². The van der Waals surface area contributed by atoms with Crippen LogP contribution < -0.4 is 10.6 Å². The molecule has 186 valence electrons. The maximum absolute atomic E-state index is 12.9. The number of carbonyl (C=O) groups is 2.